The zero-order valence-corrected chi connectivity index (χ0v) is 16.9. The van der Waals surface area contributed by atoms with Crippen molar-refractivity contribution in [3.63, 3.8) is 0 Å². The van der Waals surface area contributed by atoms with Crippen molar-refractivity contribution in [2.45, 2.75) is 38.2 Å². The van der Waals surface area contributed by atoms with Gasteiger partial charge in [-0.2, -0.15) is 5.26 Å². The van der Waals surface area contributed by atoms with E-state index < -0.39 is 11.0 Å². The van der Waals surface area contributed by atoms with E-state index in [2.05, 4.69) is 30.3 Å². The molecule has 2 aromatic rings. The monoisotopic (exact) mass is 390 g/mol. The second-order valence-corrected chi connectivity index (χ2v) is 8.54. The number of carbonyl (C=O) groups excluding carboxylic acids is 1. The number of nitriles is 1. The molecule has 29 heavy (non-hydrogen) atoms. The quantitative estimate of drug-likeness (QED) is 0.847. The molecular weight excluding hydrogens is 364 g/mol. The van der Waals surface area contributed by atoms with Crippen LogP contribution in [0.3, 0.4) is 0 Å². The maximum atomic E-state index is 12.7. The van der Waals surface area contributed by atoms with E-state index in [-0.39, 0.29) is 18.6 Å². The van der Waals surface area contributed by atoms with Crippen molar-refractivity contribution in [3.05, 3.63) is 59.7 Å². The first-order chi connectivity index (χ1) is 13.9. The lowest BCUT2D eigenvalue weighted by Crippen LogP contribution is -2.51. The summed E-state index contributed by atoms with van der Waals surface area (Å²) in [7, 11) is 0. The lowest BCUT2D eigenvalue weighted by atomic mass is 9.68. The SMILES string of the molecule is CC(C)(O)C1(C#N)CCN(C(=O)OCC2c3ccccc3-c3ccccc32)CC1. The van der Waals surface area contributed by atoms with Gasteiger partial charge in [0.15, 0.2) is 0 Å². The van der Waals surface area contributed by atoms with Gasteiger partial charge < -0.3 is 14.7 Å². The molecule has 2 aromatic carbocycles. The molecule has 0 aromatic heterocycles. The highest BCUT2D eigenvalue weighted by molar-refractivity contribution is 5.79. The Balaban J connectivity index is 1.43. The lowest BCUT2D eigenvalue weighted by Gasteiger charge is -2.43. The summed E-state index contributed by atoms with van der Waals surface area (Å²) in [6.45, 7) is 4.44. The van der Waals surface area contributed by atoms with Crippen molar-refractivity contribution >= 4 is 6.09 Å². The van der Waals surface area contributed by atoms with Gasteiger partial charge in [-0.3, -0.25) is 0 Å². The zero-order valence-electron chi connectivity index (χ0n) is 16.9. The van der Waals surface area contributed by atoms with Gasteiger partial charge in [0.25, 0.3) is 0 Å². The van der Waals surface area contributed by atoms with Gasteiger partial charge in [-0.1, -0.05) is 48.5 Å². The summed E-state index contributed by atoms with van der Waals surface area (Å²) in [6, 6.07) is 18.8. The third-order valence-electron chi connectivity index (χ3n) is 6.60. The number of carbonyl (C=O) groups is 1. The highest BCUT2D eigenvalue weighted by Crippen LogP contribution is 2.45. The van der Waals surface area contributed by atoms with Crippen LogP contribution in [0.15, 0.2) is 48.5 Å². The number of benzene rings is 2. The van der Waals surface area contributed by atoms with Crippen LogP contribution in [0, 0.1) is 16.7 Å². The van der Waals surface area contributed by atoms with E-state index in [4.69, 9.17) is 4.74 Å². The Kier molecular flexibility index (Phi) is 4.84. The van der Waals surface area contributed by atoms with Crippen molar-refractivity contribution in [2.24, 2.45) is 5.41 Å². The van der Waals surface area contributed by atoms with Crippen LogP contribution in [0.1, 0.15) is 43.7 Å². The number of ether oxygens (including phenoxy) is 1. The van der Waals surface area contributed by atoms with Gasteiger partial charge >= 0.3 is 6.09 Å². The summed E-state index contributed by atoms with van der Waals surface area (Å²) < 4.78 is 5.71. The summed E-state index contributed by atoms with van der Waals surface area (Å²) in [5.74, 6) is 0.0331. The first kappa shape index (κ1) is 19.5. The average molecular weight is 390 g/mol. The van der Waals surface area contributed by atoms with Gasteiger partial charge in [0.2, 0.25) is 0 Å². The molecule has 5 heteroatoms. The maximum absolute atomic E-state index is 12.7. The van der Waals surface area contributed by atoms with Gasteiger partial charge in [0, 0.05) is 19.0 Å². The van der Waals surface area contributed by atoms with Crippen LogP contribution in [0.25, 0.3) is 11.1 Å². The Morgan fingerprint density at radius 2 is 1.66 bits per heavy atom. The molecule has 1 aliphatic heterocycles. The zero-order chi connectivity index (χ0) is 20.6. The van der Waals surface area contributed by atoms with Crippen LogP contribution >= 0.6 is 0 Å². The van der Waals surface area contributed by atoms with E-state index in [0.29, 0.717) is 25.9 Å². The fourth-order valence-corrected chi connectivity index (χ4v) is 4.62. The smallest absolute Gasteiger partial charge is 0.409 e. The normalized spacial score (nSPS) is 17.9. The van der Waals surface area contributed by atoms with Gasteiger partial charge in [-0.25, -0.2) is 4.79 Å². The minimum atomic E-state index is -1.10. The summed E-state index contributed by atoms with van der Waals surface area (Å²) in [4.78, 5) is 14.3. The van der Waals surface area contributed by atoms with Gasteiger partial charge in [0.05, 0.1) is 17.1 Å². The van der Waals surface area contributed by atoms with Crippen LogP contribution in [0.5, 0.6) is 0 Å². The average Bonchev–Trinajstić information content (AvgIpc) is 3.05. The summed E-state index contributed by atoms with van der Waals surface area (Å²) >= 11 is 0. The third-order valence-corrected chi connectivity index (χ3v) is 6.60. The minimum absolute atomic E-state index is 0.0331. The molecule has 0 radical (unpaired) electrons. The molecule has 2 aliphatic rings. The molecule has 1 fully saturated rings. The summed E-state index contributed by atoms with van der Waals surface area (Å²) in [5, 5.41) is 20.0. The fraction of sp³-hybridized carbons (Fsp3) is 0.417. The summed E-state index contributed by atoms with van der Waals surface area (Å²) in [6.07, 6.45) is 0.531. The second kappa shape index (κ2) is 7.20. The molecule has 4 rings (SSSR count). The molecule has 1 aliphatic carbocycles. The van der Waals surface area contributed by atoms with Crippen LogP contribution in [-0.2, 0) is 4.74 Å². The van der Waals surface area contributed by atoms with Crippen molar-refractivity contribution in [1.82, 2.24) is 4.90 Å². The second-order valence-electron chi connectivity index (χ2n) is 8.54. The Labute approximate surface area is 171 Å². The Morgan fingerprint density at radius 3 is 2.14 bits per heavy atom. The molecule has 1 amide bonds. The third kappa shape index (κ3) is 3.28. The number of rotatable bonds is 3. The predicted molar refractivity (Wildman–Crippen MR) is 110 cm³/mol. The Bertz CT molecular complexity index is 917. The predicted octanol–water partition coefficient (Wildman–Crippen LogP) is 4.31. The minimum Gasteiger partial charge on any atom is -0.448 e. The topological polar surface area (TPSA) is 73.6 Å². The number of nitrogens with zero attached hydrogens (tertiary/aromatic N) is 2. The standard InChI is InChI=1S/C24H26N2O3/c1-23(2,28)24(16-25)11-13-26(14-12-24)22(27)29-15-21-19-9-5-3-7-17(19)18-8-4-6-10-20(18)21/h3-10,21,28H,11-15H2,1-2H3. The molecular formula is C24H26N2O3. The fourth-order valence-electron chi connectivity index (χ4n) is 4.62. The number of likely N-dealkylation sites (tertiary alicyclic amines) is 1. The maximum Gasteiger partial charge on any atom is 0.409 e. The highest BCUT2D eigenvalue weighted by Gasteiger charge is 2.47. The number of hydrogen-bond donors (Lipinski definition) is 1. The lowest BCUT2D eigenvalue weighted by molar-refractivity contribution is -0.0533. The molecule has 0 spiro atoms. The molecule has 1 heterocycles. The highest BCUT2D eigenvalue weighted by atomic mass is 16.6. The van der Waals surface area contributed by atoms with E-state index in [1.807, 2.05) is 24.3 Å². The van der Waals surface area contributed by atoms with E-state index in [1.54, 1.807) is 18.7 Å². The Hall–Kier alpha value is -2.84. The first-order valence-corrected chi connectivity index (χ1v) is 10.1. The molecule has 0 saturated carbocycles. The van der Waals surface area contributed by atoms with E-state index >= 15 is 0 Å². The molecule has 0 bridgehead atoms. The number of piperidine rings is 1. The van der Waals surface area contributed by atoms with Crippen LogP contribution in [0.2, 0.25) is 0 Å². The van der Waals surface area contributed by atoms with Crippen molar-refractivity contribution in [1.29, 1.82) is 5.26 Å². The van der Waals surface area contributed by atoms with E-state index in [0.717, 1.165) is 0 Å². The number of aliphatic hydroxyl groups is 1. The van der Waals surface area contributed by atoms with Gasteiger partial charge in [-0.05, 0) is 48.9 Å². The number of fused-ring (bicyclic) bond motifs is 3. The Morgan fingerprint density at radius 1 is 1.14 bits per heavy atom. The molecule has 150 valence electrons. The van der Waals surface area contributed by atoms with Gasteiger partial charge in [-0.15, -0.1) is 0 Å². The van der Waals surface area contributed by atoms with E-state index in [9.17, 15) is 15.2 Å². The van der Waals surface area contributed by atoms with E-state index in [1.165, 1.54) is 22.3 Å². The number of amides is 1. The van der Waals surface area contributed by atoms with Crippen LogP contribution < -0.4 is 0 Å². The largest absolute Gasteiger partial charge is 0.448 e. The molecule has 1 saturated heterocycles. The summed E-state index contributed by atoms with van der Waals surface area (Å²) in [5.41, 5.74) is 2.84. The van der Waals surface area contributed by atoms with Crippen molar-refractivity contribution < 1.29 is 14.6 Å². The first-order valence-electron chi connectivity index (χ1n) is 10.1. The molecule has 0 atom stereocenters. The molecule has 5 nitrogen and oxygen atoms in total. The van der Waals surface area contributed by atoms with Crippen molar-refractivity contribution in [3.8, 4) is 17.2 Å². The molecule has 0 unspecified atom stereocenters. The molecule has 1 N–H and O–H groups in total. The van der Waals surface area contributed by atoms with Crippen molar-refractivity contribution in [2.75, 3.05) is 19.7 Å². The van der Waals surface area contributed by atoms with Crippen LogP contribution in [-0.4, -0.2) is 41.4 Å². The van der Waals surface area contributed by atoms with Gasteiger partial charge in [0.1, 0.15) is 6.61 Å². The van der Waals surface area contributed by atoms with Crippen LogP contribution in [0.4, 0.5) is 4.79 Å². The number of hydrogen-bond acceptors (Lipinski definition) is 4.